The Balaban J connectivity index is 1.56. The molecular formula is C24H18O4. The van der Waals surface area contributed by atoms with Gasteiger partial charge in [-0.15, -0.1) is 0 Å². The van der Waals surface area contributed by atoms with Gasteiger partial charge in [0.1, 0.15) is 29.8 Å². The SMILES string of the molecule is O=C(c1ccccc1)c1c(-c2ccc(OCC3CO3)cc2)oc2ccccc12. The summed E-state index contributed by atoms with van der Waals surface area (Å²) >= 11 is 0. The minimum atomic E-state index is -0.0493. The summed E-state index contributed by atoms with van der Waals surface area (Å²) in [5, 5.41) is 0.817. The van der Waals surface area contributed by atoms with Crippen LogP contribution in [0.3, 0.4) is 0 Å². The molecule has 0 spiro atoms. The molecule has 28 heavy (non-hydrogen) atoms. The van der Waals surface area contributed by atoms with Crippen LogP contribution in [0.2, 0.25) is 0 Å². The van der Waals surface area contributed by atoms with Gasteiger partial charge in [-0.3, -0.25) is 4.79 Å². The van der Waals surface area contributed by atoms with Crippen LogP contribution in [0.15, 0.2) is 83.3 Å². The summed E-state index contributed by atoms with van der Waals surface area (Å²) in [7, 11) is 0. The van der Waals surface area contributed by atoms with Gasteiger partial charge in [-0.05, 0) is 30.3 Å². The summed E-state index contributed by atoms with van der Waals surface area (Å²) in [6.07, 6.45) is 0.213. The van der Waals surface area contributed by atoms with Gasteiger partial charge in [-0.2, -0.15) is 0 Å². The van der Waals surface area contributed by atoms with Crippen LogP contribution in [0.1, 0.15) is 15.9 Å². The highest BCUT2D eigenvalue weighted by Gasteiger charge is 2.24. The first-order valence-electron chi connectivity index (χ1n) is 9.26. The first-order valence-corrected chi connectivity index (χ1v) is 9.26. The van der Waals surface area contributed by atoms with Crippen molar-refractivity contribution in [3.8, 4) is 17.1 Å². The fourth-order valence-electron chi connectivity index (χ4n) is 3.26. The highest BCUT2D eigenvalue weighted by atomic mass is 16.6. The molecule has 1 fully saturated rings. The second-order valence-electron chi connectivity index (χ2n) is 6.79. The van der Waals surface area contributed by atoms with Gasteiger partial charge in [0, 0.05) is 16.5 Å². The molecule has 1 aliphatic heterocycles. The van der Waals surface area contributed by atoms with Crippen molar-refractivity contribution in [1.29, 1.82) is 0 Å². The van der Waals surface area contributed by atoms with Crippen molar-refractivity contribution in [3.63, 3.8) is 0 Å². The number of ether oxygens (including phenoxy) is 2. The normalized spacial score (nSPS) is 15.5. The number of carbonyl (C=O) groups excluding carboxylic acids is 1. The summed E-state index contributed by atoms with van der Waals surface area (Å²) in [5.41, 5.74) is 2.76. The third-order valence-electron chi connectivity index (χ3n) is 4.81. The lowest BCUT2D eigenvalue weighted by Crippen LogP contribution is -2.04. The van der Waals surface area contributed by atoms with E-state index < -0.39 is 0 Å². The molecule has 2 heterocycles. The fraction of sp³-hybridized carbons (Fsp3) is 0.125. The zero-order valence-corrected chi connectivity index (χ0v) is 15.1. The average molecular weight is 370 g/mol. The molecule has 1 saturated heterocycles. The molecule has 1 atom stereocenters. The van der Waals surface area contributed by atoms with Crippen molar-refractivity contribution >= 4 is 16.8 Å². The van der Waals surface area contributed by atoms with E-state index in [-0.39, 0.29) is 11.9 Å². The van der Waals surface area contributed by atoms with Crippen molar-refractivity contribution < 1.29 is 18.7 Å². The second-order valence-corrected chi connectivity index (χ2v) is 6.79. The molecule has 5 rings (SSSR count). The highest BCUT2D eigenvalue weighted by molar-refractivity contribution is 6.19. The van der Waals surface area contributed by atoms with Crippen LogP contribution in [0.25, 0.3) is 22.3 Å². The number of benzene rings is 3. The second kappa shape index (κ2) is 6.98. The van der Waals surface area contributed by atoms with E-state index in [9.17, 15) is 4.79 Å². The molecule has 1 unspecified atom stereocenters. The number of para-hydroxylation sites is 1. The number of ketones is 1. The van der Waals surface area contributed by atoms with Crippen LogP contribution in [-0.4, -0.2) is 25.1 Å². The van der Waals surface area contributed by atoms with Gasteiger partial charge < -0.3 is 13.9 Å². The Morgan fingerprint density at radius 1 is 0.929 bits per heavy atom. The van der Waals surface area contributed by atoms with Crippen LogP contribution >= 0.6 is 0 Å². The summed E-state index contributed by atoms with van der Waals surface area (Å²) in [5.74, 6) is 1.30. The third-order valence-corrected chi connectivity index (χ3v) is 4.81. The van der Waals surface area contributed by atoms with Crippen LogP contribution in [0.5, 0.6) is 5.75 Å². The van der Waals surface area contributed by atoms with Crippen LogP contribution in [0.4, 0.5) is 0 Å². The molecule has 138 valence electrons. The quantitative estimate of drug-likeness (QED) is 0.350. The Hall–Kier alpha value is -3.37. The summed E-state index contributed by atoms with van der Waals surface area (Å²) < 4.78 is 17.0. The number of carbonyl (C=O) groups is 1. The first kappa shape index (κ1) is 16.8. The molecule has 0 aliphatic carbocycles. The van der Waals surface area contributed by atoms with Gasteiger partial charge >= 0.3 is 0 Å². The van der Waals surface area contributed by atoms with Crippen molar-refractivity contribution in [2.75, 3.05) is 13.2 Å². The van der Waals surface area contributed by atoms with Gasteiger partial charge in [0.2, 0.25) is 0 Å². The monoisotopic (exact) mass is 370 g/mol. The van der Waals surface area contributed by atoms with E-state index in [1.54, 1.807) is 0 Å². The number of hydrogen-bond acceptors (Lipinski definition) is 4. The molecule has 0 saturated carbocycles. The maximum atomic E-state index is 13.3. The molecule has 4 aromatic rings. The van der Waals surface area contributed by atoms with E-state index in [1.807, 2.05) is 78.9 Å². The number of hydrogen-bond donors (Lipinski definition) is 0. The van der Waals surface area contributed by atoms with Crippen molar-refractivity contribution in [2.45, 2.75) is 6.10 Å². The largest absolute Gasteiger partial charge is 0.491 e. The summed E-state index contributed by atoms with van der Waals surface area (Å²) in [4.78, 5) is 13.3. The number of epoxide rings is 1. The molecule has 1 aromatic heterocycles. The molecule has 0 bridgehead atoms. The van der Waals surface area contributed by atoms with E-state index in [0.29, 0.717) is 29.1 Å². The Kier molecular flexibility index (Phi) is 4.18. The maximum absolute atomic E-state index is 13.3. The fourth-order valence-corrected chi connectivity index (χ4v) is 3.26. The minimum Gasteiger partial charge on any atom is -0.491 e. The van der Waals surface area contributed by atoms with Crippen molar-refractivity contribution in [3.05, 3.63) is 90.0 Å². The topological polar surface area (TPSA) is 52.0 Å². The van der Waals surface area contributed by atoms with E-state index >= 15 is 0 Å². The predicted octanol–water partition coefficient (Wildman–Crippen LogP) is 5.11. The molecule has 3 aromatic carbocycles. The maximum Gasteiger partial charge on any atom is 0.197 e. The van der Waals surface area contributed by atoms with Gasteiger partial charge in [-0.1, -0.05) is 48.5 Å². The molecular weight excluding hydrogens is 352 g/mol. The Bertz CT molecular complexity index is 1120. The first-order chi connectivity index (χ1) is 13.8. The van der Waals surface area contributed by atoms with Crippen LogP contribution in [0, 0.1) is 0 Å². The lowest BCUT2D eigenvalue weighted by molar-refractivity contribution is 0.104. The van der Waals surface area contributed by atoms with E-state index in [1.165, 1.54) is 0 Å². The zero-order valence-electron chi connectivity index (χ0n) is 15.1. The summed E-state index contributed by atoms with van der Waals surface area (Å²) in [6.45, 7) is 1.32. The van der Waals surface area contributed by atoms with Gasteiger partial charge in [0.15, 0.2) is 5.78 Å². The van der Waals surface area contributed by atoms with E-state index in [0.717, 1.165) is 23.3 Å². The van der Waals surface area contributed by atoms with Gasteiger partial charge in [0.25, 0.3) is 0 Å². The Labute approximate surface area is 162 Å². The number of rotatable bonds is 6. The molecule has 4 heteroatoms. The lowest BCUT2D eigenvalue weighted by Gasteiger charge is -2.06. The lowest BCUT2D eigenvalue weighted by atomic mass is 9.97. The van der Waals surface area contributed by atoms with E-state index in [2.05, 4.69) is 0 Å². The standard InChI is InChI=1S/C24H18O4/c25-23(16-6-2-1-3-7-16)22-20-8-4-5-9-21(20)28-24(22)17-10-12-18(13-11-17)26-14-19-15-27-19/h1-13,19H,14-15H2. The van der Waals surface area contributed by atoms with Crippen LogP contribution in [-0.2, 0) is 4.74 Å². The average Bonchev–Trinajstić information content (AvgIpc) is 3.51. The van der Waals surface area contributed by atoms with Crippen molar-refractivity contribution in [2.24, 2.45) is 0 Å². The molecule has 0 radical (unpaired) electrons. The molecule has 4 nitrogen and oxygen atoms in total. The number of furan rings is 1. The third kappa shape index (κ3) is 3.19. The smallest absolute Gasteiger partial charge is 0.197 e. The van der Waals surface area contributed by atoms with Gasteiger partial charge in [-0.25, -0.2) is 0 Å². The molecule has 0 amide bonds. The zero-order chi connectivity index (χ0) is 18.9. The number of fused-ring (bicyclic) bond motifs is 1. The Morgan fingerprint density at radius 3 is 2.39 bits per heavy atom. The Morgan fingerprint density at radius 2 is 1.64 bits per heavy atom. The van der Waals surface area contributed by atoms with E-state index in [4.69, 9.17) is 13.9 Å². The minimum absolute atomic E-state index is 0.0493. The molecule has 0 N–H and O–H groups in total. The van der Waals surface area contributed by atoms with Gasteiger partial charge in [0.05, 0.1) is 12.2 Å². The van der Waals surface area contributed by atoms with Crippen molar-refractivity contribution in [1.82, 2.24) is 0 Å². The summed E-state index contributed by atoms with van der Waals surface area (Å²) in [6, 6.07) is 24.5. The highest BCUT2D eigenvalue weighted by Crippen LogP contribution is 2.35. The van der Waals surface area contributed by atoms with Crippen LogP contribution < -0.4 is 4.74 Å². The molecule has 1 aliphatic rings. The predicted molar refractivity (Wildman–Crippen MR) is 107 cm³/mol.